The number of hydrogen-bond acceptors (Lipinski definition) is 5. The summed E-state index contributed by atoms with van der Waals surface area (Å²) >= 11 is 6.08. The molecule has 1 aliphatic rings. The van der Waals surface area contributed by atoms with Crippen LogP contribution < -0.4 is 10.2 Å². The fourth-order valence-corrected chi connectivity index (χ4v) is 2.62. The second-order valence-electron chi connectivity index (χ2n) is 5.73. The van der Waals surface area contributed by atoms with Gasteiger partial charge in [0.25, 0.3) is 5.91 Å². The molecule has 2 heterocycles. The van der Waals surface area contributed by atoms with Crippen LogP contribution in [0.1, 0.15) is 11.1 Å². The Morgan fingerprint density at radius 1 is 1.31 bits per heavy atom. The maximum absolute atomic E-state index is 12.7. The first kappa shape index (κ1) is 17.8. The standard InChI is InChI=1S/C18H15ClN4O3/c1-11-4-5-13(7-15(11)19)23-17(25)14(16(24)22-18(23)26)10-21-9-12-3-2-6-20-8-12/h2-8,10,14H,9H2,1H3,(H,22,24,26)/t14-/m1/s1. The quantitative estimate of drug-likeness (QED) is 0.661. The van der Waals surface area contributed by atoms with E-state index in [4.69, 9.17) is 11.6 Å². The Bertz CT molecular complexity index is 899. The van der Waals surface area contributed by atoms with Gasteiger partial charge in [-0.15, -0.1) is 0 Å². The van der Waals surface area contributed by atoms with Crippen LogP contribution in [0.4, 0.5) is 10.5 Å². The third kappa shape index (κ3) is 3.62. The number of pyridine rings is 1. The number of halogens is 1. The lowest BCUT2D eigenvalue weighted by atomic mass is 10.1. The van der Waals surface area contributed by atoms with Crippen molar-refractivity contribution in [2.75, 3.05) is 4.90 Å². The Labute approximate surface area is 154 Å². The van der Waals surface area contributed by atoms with Crippen LogP contribution in [0.3, 0.4) is 0 Å². The number of aromatic nitrogens is 1. The molecule has 1 N–H and O–H groups in total. The van der Waals surface area contributed by atoms with E-state index >= 15 is 0 Å². The lowest BCUT2D eigenvalue weighted by Crippen LogP contribution is -2.58. The average Bonchev–Trinajstić information content (AvgIpc) is 2.61. The van der Waals surface area contributed by atoms with Gasteiger partial charge in [0, 0.05) is 23.6 Å². The van der Waals surface area contributed by atoms with Crippen molar-refractivity contribution in [3.63, 3.8) is 0 Å². The number of nitrogens with one attached hydrogen (secondary N) is 1. The zero-order valence-corrected chi connectivity index (χ0v) is 14.6. The molecular formula is C18H15ClN4O3. The molecule has 2 aromatic rings. The number of hydrogen-bond donors (Lipinski definition) is 1. The molecular weight excluding hydrogens is 356 g/mol. The highest BCUT2D eigenvalue weighted by Crippen LogP contribution is 2.25. The van der Waals surface area contributed by atoms with Gasteiger partial charge >= 0.3 is 6.03 Å². The molecule has 0 saturated carbocycles. The molecule has 7 nitrogen and oxygen atoms in total. The smallest absolute Gasteiger partial charge is 0.291 e. The minimum atomic E-state index is -1.19. The number of carbonyl (C=O) groups excluding carboxylic acids is 3. The predicted molar refractivity (Wildman–Crippen MR) is 97.1 cm³/mol. The summed E-state index contributed by atoms with van der Waals surface area (Å²) in [4.78, 5) is 45.9. The van der Waals surface area contributed by atoms with Crippen molar-refractivity contribution < 1.29 is 14.4 Å². The van der Waals surface area contributed by atoms with Crippen molar-refractivity contribution in [1.29, 1.82) is 0 Å². The van der Waals surface area contributed by atoms with E-state index in [-0.39, 0.29) is 6.54 Å². The summed E-state index contributed by atoms with van der Waals surface area (Å²) in [6.07, 6.45) is 4.53. The molecule has 0 spiro atoms. The minimum Gasteiger partial charge on any atom is -0.291 e. The highest BCUT2D eigenvalue weighted by atomic mass is 35.5. The summed E-state index contributed by atoms with van der Waals surface area (Å²) in [5.41, 5.74) is 1.94. The zero-order chi connectivity index (χ0) is 18.7. The summed E-state index contributed by atoms with van der Waals surface area (Å²) in [6.45, 7) is 2.08. The van der Waals surface area contributed by atoms with Gasteiger partial charge in [0.2, 0.25) is 5.91 Å². The van der Waals surface area contributed by atoms with Crippen LogP contribution in [0.25, 0.3) is 0 Å². The summed E-state index contributed by atoms with van der Waals surface area (Å²) in [5, 5.41) is 2.59. The van der Waals surface area contributed by atoms with E-state index in [2.05, 4.69) is 15.3 Å². The summed E-state index contributed by atoms with van der Waals surface area (Å²) in [5.74, 6) is -2.57. The predicted octanol–water partition coefficient (Wildman–Crippen LogP) is 2.51. The topological polar surface area (TPSA) is 91.7 Å². The van der Waals surface area contributed by atoms with Crippen LogP contribution in [-0.2, 0) is 16.1 Å². The lowest BCUT2D eigenvalue weighted by molar-refractivity contribution is -0.131. The number of benzene rings is 1. The molecule has 8 heteroatoms. The number of barbiturate groups is 1. The fraction of sp³-hybridized carbons (Fsp3) is 0.167. The second-order valence-corrected chi connectivity index (χ2v) is 6.14. The monoisotopic (exact) mass is 370 g/mol. The molecule has 0 aliphatic carbocycles. The molecule has 1 aromatic heterocycles. The minimum absolute atomic E-state index is 0.273. The molecule has 0 unspecified atom stereocenters. The number of anilines is 1. The van der Waals surface area contributed by atoms with Crippen LogP contribution in [-0.4, -0.2) is 29.0 Å². The molecule has 3 rings (SSSR count). The van der Waals surface area contributed by atoms with Gasteiger partial charge in [0.05, 0.1) is 12.2 Å². The van der Waals surface area contributed by atoms with Crippen LogP contribution in [0.2, 0.25) is 5.02 Å². The Kier molecular flexibility index (Phi) is 5.09. The SMILES string of the molecule is Cc1ccc(N2C(=O)NC(=O)[C@@H](C=NCc3cccnc3)C2=O)cc1Cl. The van der Waals surface area contributed by atoms with E-state index < -0.39 is 23.8 Å². The Morgan fingerprint density at radius 2 is 2.12 bits per heavy atom. The van der Waals surface area contributed by atoms with E-state index in [1.54, 1.807) is 30.6 Å². The number of urea groups is 1. The second kappa shape index (κ2) is 7.45. The Morgan fingerprint density at radius 3 is 2.81 bits per heavy atom. The third-order valence-electron chi connectivity index (χ3n) is 3.87. The van der Waals surface area contributed by atoms with Crippen molar-refractivity contribution >= 4 is 41.3 Å². The number of nitrogens with zero attached hydrogens (tertiary/aromatic N) is 3. The van der Waals surface area contributed by atoms with Gasteiger partial charge in [0.15, 0.2) is 5.92 Å². The Hall–Kier alpha value is -3.06. The first-order valence-electron chi connectivity index (χ1n) is 7.81. The van der Waals surface area contributed by atoms with Gasteiger partial charge in [-0.1, -0.05) is 23.7 Å². The molecule has 0 bridgehead atoms. The molecule has 1 aliphatic heterocycles. The first-order valence-corrected chi connectivity index (χ1v) is 8.19. The average molecular weight is 371 g/mol. The van der Waals surface area contributed by atoms with Crippen molar-refractivity contribution in [2.45, 2.75) is 13.5 Å². The van der Waals surface area contributed by atoms with Crippen LogP contribution in [0.15, 0.2) is 47.7 Å². The van der Waals surface area contributed by atoms with Gasteiger partial charge in [-0.05, 0) is 36.2 Å². The molecule has 1 aromatic carbocycles. The molecule has 132 valence electrons. The molecule has 1 fully saturated rings. The highest BCUT2D eigenvalue weighted by Gasteiger charge is 2.40. The fourth-order valence-electron chi connectivity index (χ4n) is 2.44. The summed E-state index contributed by atoms with van der Waals surface area (Å²) < 4.78 is 0. The van der Waals surface area contributed by atoms with Crippen molar-refractivity contribution in [3.8, 4) is 0 Å². The van der Waals surface area contributed by atoms with E-state index in [0.717, 1.165) is 16.0 Å². The third-order valence-corrected chi connectivity index (χ3v) is 4.27. The number of rotatable bonds is 4. The van der Waals surface area contributed by atoms with E-state index in [9.17, 15) is 14.4 Å². The summed E-state index contributed by atoms with van der Waals surface area (Å²) in [7, 11) is 0. The van der Waals surface area contributed by atoms with Crippen molar-refractivity contribution in [3.05, 3.63) is 58.9 Å². The van der Waals surface area contributed by atoms with E-state index in [1.807, 2.05) is 13.0 Å². The zero-order valence-electron chi connectivity index (χ0n) is 13.8. The van der Waals surface area contributed by atoms with Crippen LogP contribution in [0, 0.1) is 12.8 Å². The molecule has 26 heavy (non-hydrogen) atoms. The van der Waals surface area contributed by atoms with E-state index in [1.165, 1.54) is 12.3 Å². The van der Waals surface area contributed by atoms with Gasteiger partial charge in [0.1, 0.15) is 0 Å². The molecule has 1 saturated heterocycles. The largest absolute Gasteiger partial charge is 0.335 e. The van der Waals surface area contributed by atoms with Crippen molar-refractivity contribution in [2.24, 2.45) is 10.9 Å². The van der Waals surface area contributed by atoms with Crippen LogP contribution >= 0.6 is 11.6 Å². The number of carbonyl (C=O) groups is 3. The molecule has 0 radical (unpaired) electrons. The highest BCUT2D eigenvalue weighted by molar-refractivity contribution is 6.34. The van der Waals surface area contributed by atoms with Gasteiger partial charge in [-0.25, -0.2) is 9.69 Å². The molecule has 4 amide bonds. The van der Waals surface area contributed by atoms with E-state index in [0.29, 0.717) is 10.7 Å². The maximum atomic E-state index is 12.7. The number of imide groups is 2. The van der Waals surface area contributed by atoms with Gasteiger partial charge in [-0.2, -0.15) is 0 Å². The van der Waals surface area contributed by atoms with Crippen LogP contribution in [0.5, 0.6) is 0 Å². The lowest BCUT2D eigenvalue weighted by Gasteiger charge is -2.28. The normalized spacial score (nSPS) is 17.7. The number of aryl methyl sites for hydroxylation is 1. The number of amides is 4. The first-order chi connectivity index (χ1) is 12.5. The van der Waals surface area contributed by atoms with Gasteiger partial charge < -0.3 is 0 Å². The maximum Gasteiger partial charge on any atom is 0.335 e. The molecule has 1 atom stereocenters. The number of aliphatic imine (C=N–C) groups is 1. The summed E-state index contributed by atoms with van der Waals surface area (Å²) in [6, 6.07) is 7.59. The van der Waals surface area contributed by atoms with Crippen molar-refractivity contribution in [1.82, 2.24) is 10.3 Å². The van der Waals surface area contributed by atoms with Gasteiger partial charge in [-0.3, -0.25) is 24.9 Å². The Balaban J connectivity index is 1.82.